The maximum Gasteiger partial charge on any atom is 0.260 e. The molecule has 20 heavy (non-hydrogen) atoms. The summed E-state index contributed by atoms with van der Waals surface area (Å²) in [6.45, 7) is 0.606. The molecule has 0 radical (unpaired) electrons. The van der Waals surface area contributed by atoms with E-state index >= 15 is 0 Å². The van der Waals surface area contributed by atoms with Crippen LogP contribution in [0.15, 0.2) is 57.8 Å². The van der Waals surface area contributed by atoms with Gasteiger partial charge in [-0.15, -0.1) is 0 Å². The van der Waals surface area contributed by atoms with Crippen LogP contribution in [0.25, 0.3) is 10.9 Å². The smallest absolute Gasteiger partial charge is 0.260 e. The molecule has 1 heterocycles. The number of hydrogen-bond acceptors (Lipinski definition) is 3. The Morgan fingerprint density at radius 2 is 1.85 bits per heavy atom. The molecule has 0 spiro atoms. The fourth-order valence-electron chi connectivity index (χ4n) is 1.96. The Morgan fingerprint density at radius 3 is 2.65 bits per heavy atom. The molecule has 0 aliphatic rings. The molecule has 0 amide bonds. The van der Waals surface area contributed by atoms with Gasteiger partial charge >= 0.3 is 0 Å². The van der Waals surface area contributed by atoms with Crippen molar-refractivity contribution in [1.29, 1.82) is 0 Å². The predicted molar refractivity (Wildman–Crippen MR) is 83.8 cm³/mol. The summed E-state index contributed by atoms with van der Waals surface area (Å²) in [6, 6.07) is 15.3. The lowest BCUT2D eigenvalue weighted by Crippen LogP contribution is -2.13. The van der Waals surface area contributed by atoms with Crippen molar-refractivity contribution in [3.05, 3.63) is 68.9 Å². The number of aromatic amines is 1. The molecule has 1 aromatic heterocycles. The van der Waals surface area contributed by atoms with Crippen molar-refractivity contribution in [3.63, 3.8) is 0 Å². The van der Waals surface area contributed by atoms with Gasteiger partial charge in [-0.1, -0.05) is 40.2 Å². The molecule has 0 bridgehead atoms. The molecule has 0 saturated carbocycles. The van der Waals surface area contributed by atoms with E-state index in [0.717, 1.165) is 10.0 Å². The Hall–Kier alpha value is -2.14. The third kappa shape index (κ3) is 2.72. The van der Waals surface area contributed by atoms with Gasteiger partial charge in [0.15, 0.2) is 0 Å². The highest BCUT2D eigenvalue weighted by Crippen LogP contribution is 2.12. The van der Waals surface area contributed by atoms with Crippen molar-refractivity contribution >= 4 is 32.8 Å². The average Bonchev–Trinajstić information content (AvgIpc) is 2.47. The van der Waals surface area contributed by atoms with Crippen LogP contribution in [0.2, 0.25) is 0 Å². The minimum absolute atomic E-state index is 0.131. The second kappa shape index (κ2) is 5.46. The van der Waals surface area contributed by atoms with E-state index < -0.39 is 0 Å². The van der Waals surface area contributed by atoms with Crippen LogP contribution < -0.4 is 10.9 Å². The van der Waals surface area contributed by atoms with Gasteiger partial charge in [0, 0.05) is 11.0 Å². The number of nitrogens with one attached hydrogen (secondary N) is 2. The van der Waals surface area contributed by atoms with Gasteiger partial charge in [-0.05, 0) is 29.8 Å². The maximum absolute atomic E-state index is 11.9. The molecule has 0 atom stereocenters. The number of H-pyrrole nitrogens is 1. The molecule has 0 aliphatic carbocycles. The lowest BCUT2D eigenvalue weighted by Gasteiger charge is -2.06. The van der Waals surface area contributed by atoms with Gasteiger partial charge in [-0.25, -0.2) is 4.98 Å². The topological polar surface area (TPSA) is 57.8 Å². The van der Waals surface area contributed by atoms with Crippen LogP contribution in [0.4, 0.5) is 5.95 Å². The van der Waals surface area contributed by atoms with E-state index in [4.69, 9.17) is 0 Å². The van der Waals surface area contributed by atoms with E-state index in [9.17, 15) is 4.79 Å². The normalized spacial score (nSPS) is 10.7. The van der Waals surface area contributed by atoms with Crippen molar-refractivity contribution in [1.82, 2.24) is 9.97 Å². The van der Waals surface area contributed by atoms with Crippen LogP contribution in [-0.4, -0.2) is 9.97 Å². The molecular weight excluding hydrogens is 318 g/mol. The van der Waals surface area contributed by atoms with Crippen molar-refractivity contribution in [2.24, 2.45) is 0 Å². The number of anilines is 1. The van der Waals surface area contributed by atoms with Gasteiger partial charge in [-0.2, -0.15) is 0 Å². The molecule has 0 saturated heterocycles. The molecule has 3 aromatic rings. The zero-order valence-corrected chi connectivity index (χ0v) is 12.1. The van der Waals surface area contributed by atoms with E-state index in [2.05, 4.69) is 31.2 Å². The maximum atomic E-state index is 11.9. The van der Waals surface area contributed by atoms with Crippen molar-refractivity contribution < 1.29 is 0 Å². The fourth-order valence-corrected chi connectivity index (χ4v) is 2.22. The van der Waals surface area contributed by atoms with Gasteiger partial charge in [0.25, 0.3) is 5.56 Å². The second-order valence-electron chi connectivity index (χ2n) is 4.41. The summed E-state index contributed by atoms with van der Waals surface area (Å²) in [4.78, 5) is 19.1. The largest absolute Gasteiger partial charge is 0.352 e. The van der Waals surface area contributed by atoms with Gasteiger partial charge in [0.05, 0.1) is 10.9 Å². The zero-order chi connectivity index (χ0) is 13.9. The van der Waals surface area contributed by atoms with Crippen LogP contribution in [0.3, 0.4) is 0 Å². The Kier molecular flexibility index (Phi) is 3.52. The molecule has 4 nitrogen and oxygen atoms in total. The summed E-state index contributed by atoms with van der Waals surface area (Å²) in [5.74, 6) is 0.483. The van der Waals surface area contributed by atoms with Gasteiger partial charge in [0.2, 0.25) is 5.95 Å². The number of hydrogen-bond donors (Lipinski definition) is 2. The lowest BCUT2D eigenvalue weighted by atomic mass is 10.2. The minimum atomic E-state index is -0.131. The number of rotatable bonds is 3. The Bertz CT molecular complexity index is 796. The zero-order valence-electron chi connectivity index (χ0n) is 10.6. The first-order valence-electron chi connectivity index (χ1n) is 6.20. The van der Waals surface area contributed by atoms with Crippen LogP contribution in [0.5, 0.6) is 0 Å². The number of nitrogens with zero attached hydrogens (tertiary/aromatic N) is 1. The molecule has 2 aromatic carbocycles. The van der Waals surface area contributed by atoms with E-state index in [-0.39, 0.29) is 5.56 Å². The number of aromatic nitrogens is 2. The Labute approximate surface area is 124 Å². The van der Waals surface area contributed by atoms with E-state index in [1.165, 1.54) is 0 Å². The summed E-state index contributed by atoms with van der Waals surface area (Å²) in [7, 11) is 0. The molecule has 5 heteroatoms. The lowest BCUT2D eigenvalue weighted by molar-refractivity contribution is 1.06. The van der Waals surface area contributed by atoms with Crippen LogP contribution in [-0.2, 0) is 6.54 Å². The van der Waals surface area contributed by atoms with Crippen molar-refractivity contribution in [3.8, 4) is 0 Å². The number of para-hydroxylation sites is 1. The van der Waals surface area contributed by atoms with E-state index in [0.29, 0.717) is 23.4 Å². The fraction of sp³-hybridized carbons (Fsp3) is 0.0667. The van der Waals surface area contributed by atoms with E-state index in [1.807, 2.05) is 42.5 Å². The molecular formula is C15H12BrN3O. The van der Waals surface area contributed by atoms with Crippen LogP contribution in [0.1, 0.15) is 5.56 Å². The number of halogens is 1. The van der Waals surface area contributed by atoms with Gasteiger partial charge < -0.3 is 5.32 Å². The summed E-state index contributed by atoms with van der Waals surface area (Å²) in [6.07, 6.45) is 0. The highest BCUT2D eigenvalue weighted by atomic mass is 79.9. The second-order valence-corrected chi connectivity index (χ2v) is 5.33. The number of benzene rings is 2. The molecule has 2 N–H and O–H groups in total. The summed E-state index contributed by atoms with van der Waals surface area (Å²) in [5, 5.41) is 3.73. The first-order chi connectivity index (χ1) is 9.72. The molecule has 0 fully saturated rings. The standard InChI is InChI=1S/C15H12BrN3O/c16-11-7-5-10(6-8-11)9-17-15-18-13-4-2-1-3-12(13)14(20)19-15/h1-8H,9H2,(H2,17,18,19,20). The number of fused-ring (bicyclic) bond motifs is 1. The van der Waals surface area contributed by atoms with Crippen molar-refractivity contribution in [2.75, 3.05) is 5.32 Å². The van der Waals surface area contributed by atoms with Crippen LogP contribution in [0, 0.1) is 0 Å². The summed E-state index contributed by atoms with van der Waals surface area (Å²) >= 11 is 3.40. The molecule has 0 unspecified atom stereocenters. The molecule has 3 rings (SSSR count). The minimum Gasteiger partial charge on any atom is -0.352 e. The molecule has 0 aliphatic heterocycles. The van der Waals surface area contributed by atoms with Gasteiger partial charge in [-0.3, -0.25) is 9.78 Å². The van der Waals surface area contributed by atoms with E-state index in [1.54, 1.807) is 6.07 Å². The average molecular weight is 330 g/mol. The Morgan fingerprint density at radius 1 is 1.10 bits per heavy atom. The quantitative estimate of drug-likeness (QED) is 0.775. The summed E-state index contributed by atoms with van der Waals surface area (Å²) < 4.78 is 1.04. The first kappa shape index (κ1) is 12.9. The highest BCUT2D eigenvalue weighted by Gasteiger charge is 2.02. The predicted octanol–water partition coefficient (Wildman–Crippen LogP) is 3.30. The third-order valence-corrected chi connectivity index (χ3v) is 3.51. The Balaban J connectivity index is 1.84. The molecule has 100 valence electrons. The van der Waals surface area contributed by atoms with Gasteiger partial charge in [0.1, 0.15) is 0 Å². The van der Waals surface area contributed by atoms with Crippen molar-refractivity contribution in [2.45, 2.75) is 6.54 Å². The third-order valence-electron chi connectivity index (χ3n) is 2.99. The highest BCUT2D eigenvalue weighted by molar-refractivity contribution is 9.10. The SMILES string of the molecule is O=c1[nH]c(NCc2ccc(Br)cc2)nc2ccccc12. The summed E-state index contributed by atoms with van der Waals surface area (Å²) in [5.41, 5.74) is 1.67. The van der Waals surface area contributed by atoms with Crippen LogP contribution >= 0.6 is 15.9 Å². The first-order valence-corrected chi connectivity index (χ1v) is 6.99. The monoisotopic (exact) mass is 329 g/mol.